The zero-order valence-corrected chi connectivity index (χ0v) is 14.7. The zero-order chi connectivity index (χ0) is 16.4. The Hall–Kier alpha value is -1.79. The van der Waals surface area contributed by atoms with Crippen molar-refractivity contribution in [1.29, 1.82) is 0 Å². The molecule has 2 amide bonds. The maximum atomic E-state index is 12.0. The van der Waals surface area contributed by atoms with Crippen molar-refractivity contribution in [2.75, 3.05) is 38.1 Å². The number of anilines is 1. The molecule has 0 aliphatic heterocycles. The summed E-state index contributed by atoms with van der Waals surface area (Å²) in [6.07, 6.45) is -0.501. The summed E-state index contributed by atoms with van der Waals surface area (Å²) in [4.78, 5) is 25.5. The fourth-order valence-corrected chi connectivity index (χ4v) is 1.96. The van der Waals surface area contributed by atoms with Crippen LogP contribution in [-0.2, 0) is 4.74 Å². The van der Waals surface area contributed by atoms with Crippen LogP contribution in [0.15, 0.2) is 24.3 Å². The molecule has 0 spiro atoms. The van der Waals surface area contributed by atoms with Gasteiger partial charge in [0.2, 0.25) is 0 Å². The predicted octanol–water partition coefficient (Wildman–Crippen LogP) is 2.75. The number of nitrogens with one attached hydrogen (secondary N) is 2. The summed E-state index contributed by atoms with van der Waals surface area (Å²) in [6, 6.07) is 6.70. The fourth-order valence-electron chi connectivity index (χ4n) is 1.96. The van der Waals surface area contributed by atoms with E-state index in [1.54, 1.807) is 31.2 Å². The van der Waals surface area contributed by atoms with E-state index in [-0.39, 0.29) is 18.3 Å². The quantitative estimate of drug-likeness (QED) is 0.761. The van der Waals surface area contributed by atoms with E-state index in [9.17, 15) is 9.59 Å². The van der Waals surface area contributed by atoms with Gasteiger partial charge in [0.1, 0.15) is 0 Å². The molecular formula is C16H26ClN3O3. The molecule has 7 heteroatoms. The van der Waals surface area contributed by atoms with Crippen molar-refractivity contribution in [3.63, 3.8) is 0 Å². The third-order valence-corrected chi connectivity index (χ3v) is 3.28. The number of carbonyl (C=O) groups is 2. The maximum absolute atomic E-state index is 12.0. The van der Waals surface area contributed by atoms with Gasteiger partial charge < -0.3 is 15.0 Å². The van der Waals surface area contributed by atoms with Gasteiger partial charge in [0.05, 0.1) is 6.61 Å². The summed E-state index contributed by atoms with van der Waals surface area (Å²) in [5.74, 6) is -0.116. The van der Waals surface area contributed by atoms with Gasteiger partial charge in [-0.15, -0.1) is 12.4 Å². The van der Waals surface area contributed by atoms with Crippen molar-refractivity contribution < 1.29 is 14.3 Å². The second-order valence-corrected chi connectivity index (χ2v) is 4.71. The molecule has 0 heterocycles. The van der Waals surface area contributed by atoms with Crippen LogP contribution < -0.4 is 10.6 Å². The van der Waals surface area contributed by atoms with Crippen LogP contribution in [-0.4, -0.2) is 49.7 Å². The Morgan fingerprint density at radius 1 is 1.09 bits per heavy atom. The van der Waals surface area contributed by atoms with E-state index in [2.05, 4.69) is 29.4 Å². The van der Waals surface area contributed by atoms with Crippen molar-refractivity contribution in [3.05, 3.63) is 29.8 Å². The van der Waals surface area contributed by atoms with Gasteiger partial charge in [0, 0.05) is 24.3 Å². The van der Waals surface area contributed by atoms with E-state index in [0.717, 1.165) is 19.6 Å². The van der Waals surface area contributed by atoms with Crippen LogP contribution in [0.25, 0.3) is 0 Å². The number of benzene rings is 1. The number of amides is 2. The number of hydrogen-bond donors (Lipinski definition) is 2. The number of ether oxygens (including phenoxy) is 1. The molecule has 0 aromatic heterocycles. The van der Waals surface area contributed by atoms with Crippen molar-refractivity contribution in [2.45, 2.75) is 20.8 Å². The van der Waals surface area contributed by atoms with Gasteiger partial charge in [-0.2, -0.15) is 0 Å². The molecule has 0 radical (unpaired) electrons. The van der Waals surface area contributed by atoms with Crippen molar-refractivity contribution in [2.24, 2.45) is 0 Å². The van der Waals surface area contributed by atoms with E-state index in [0.29, 0.717) is 24.4 Å². The van der Waals surface area contributed by atoms with Crippen LogP contribution in [0.2, 0.25) is 0 Å². The normalized spacial score (nSPS) is 9.91. The molecule has 130 valence electrons. The minimum Gasteiger partial charge on any atom is -0.450 e. The van der Waals surface area contributed by atoms with E-state index in [1.807, 2.05) is 0 Å². The van der Waals surface area contributed by atoms with Crippen molar-refractivity contribution in [3.8, 4) is 0 Å². The average Bonchev–Trinajstić information content (AvgIpc) is 2.52. The number of halogens is 1. The molecule has 0 bridgehead atoms. The number of likely N-dealkylation sites (N-methyl/N-ethyl adjacent to an activating group) is 1. The lowest BCUT2D eigenvalue weighted by atomic mass is 10.2. The van der Waals surface area contributed by atoms with E-state index in [1.165, 1.54) is 0 Å². The minimum atomic E-state index is -0.501. The van der Waals surface area contributed by atoms with Gasteiger partial charge in [0.25, 0.3) is 5.91 Å². The molecule has 0 aliphatic carbocycles. The second-order valence-electron chi connectivity index (χ2n) is 4.71. The highest BCUT2D eigenvalue weighted by Crippen LogP contribution is 2.09. The van der Waals surface area contributed by atoms with Gasteiger partial charge in [0.15, 0.2) is 0 Å². The first-order valence-corrected chi connectivity index (χ1v) is 7.65. The fraction of sp³-hybridized carbons (Fsp3) is 0.500. The van der Waals surface area contributed by atoms with Gasteiger partial charge >= 0.3 is 6.09 Å². The van der Waals surface area contributed by atoms with Crippen LogP contribution in [0.1, 0.15) is 31.1 Å². The molecule has 2 N–H and O–H groups in total. The first-order chi connectivity index (χ1) is 10.6. The molecule has 1 aromatic rings. The SMILES string of the molecule is CCOC(=O)Nc1ccc(C(=O)NCCN(CC)CC)cc1.Cl. The highest BCUT2D eigenvalue weighted by atomic mass is 35.5. The van der Waals surface area contributed by atoms with Crippen molar-refractivity contribution >= 4 is 30.1 Å². The minimum absolute atomic E-state index is 0. The Morgan fingerprint density at radius 2 is 1.70 bits per heavy atom. The summed E-state index contributed by atoms with van der Waals surface area (Å²) >= 11 is 0. The largest absolute Gasteiger partial charge is 0.450 e. The summed E-state index contributed by atoms with van der Waals surface area (Å²) in [5, 5.41) is 5.47. The molecule has 0 aliphatic rings. The highest BCUT2D eigenvalue weighted by molar-refractivity contribution is 5.95. The molecule has 1 aromatic carbocycles. The van der Waals surface area contributed by atoms with Gasteiger partial charge in [-0.05, 0) is 44.3 Å². The lowest BCUT2D eigenvalue weighted by Crippen LogP contribution is -2.34. The van der Waals surface area contributed by atoms with Crippen LogP contribution in [0.5, 0.6) is 0 Å². The Morgan fingerprint density at radius 3 is 2.22 bits per heavy atom. The highest BCUT2D eigenvalue weighted by Gasteiger charge is 2.07. The zero-order valence-electron chi connectivity index (χ0n) is 13.9. The third kappa shape index (κ3) is 7.85. The Bertz CT molecular complexity index is 476. The smallest absolute Gasteiger partial charge is 0.411 e. The molecule has 6 nitrogen and oxygen atoms in total. The molecule has 0 unspecified atom stereocenters. The number of hydrogen-bond acceptors (Lipinski definition) is 4. The first-order valence-electron chi connectivity index (χ1n) is 7.65. The van der Waals surface area contributed by atoms with E-state index in [4.69, 9.17) is 4.74 Å². The molecule has 0 atom stereocenters. The molecule has 0 saturated heterocycles. The number of carbonyl (C=O) groups excluding carboxylic acids is 2. The number of rotatable bonds is 8. The third-order valence-electron chi connectivity index (χ3n) is 3.28. The average molecular weight is 344 g/mol. The summed E-state index contributed by atoms with van der Waals surface area (Å²) in [7, 11) is 0. The molecule has 0 fully saturated rings. The van der Waals surface area contributed by atoms with Gasteiger partial charge in [-0.3, -0.25) is 10.1 Å². The van der Waals surface area contributed by atoms with E-state index >= 15 is 0 Å². The Labute approximate surface area is 144 Å². The molecule has 0 saturated carbocycles. The van der Waals surface area contributed by atoms with Crippen LogP contribution in [0.4, 0.5) is 10.5 Å². The summed E-state index contributed by atoms with van der Waals surface area (Å²) in [6.45, 7) is 9.65. The molecular weight excluding hydrogens is 318 g/mol. The topological polar surface area (TPSA) is 70.7 Å². The Balaban J connectivity index is 0.00000484. The second kappa shape index (κ2) is 11.7. The molecule has 1 rings (SSSR count). The van der Waals surface area contributed by atoms with Crippen molar-refractivity contribution in [1.82, 2.24) is 10.2 Å². The van der Waals surface area contributed by atoms with Gasteiger partial charge in [-0.25, -0.2) is 4.79 Å². The maximum Gasteiger partial charge on any atom is 0.411 e. The summed E-state index contributed by atoms with van der Waals surface area (Å²) < 4.78 is 4.79. The predicted molar refractivity (Wildman–Crippen MR) is 94.5 cm³/mol. The lowest BCUT2D eigenvalue weighted by Gasteiger charge is -2.17. The van der Waals surface area contributed by atoms with E-state index < -0.39 is 6.09 Å². The summed E-state index contributed by atoms with van der Waals surface area (Å²) in [5.41, 5.74) is 1.16. The number of nitrogens with zero attached hydrogens (tertiary/aromatic N) is 1. The van der Waals surface area contributed by atoms with Gasteiger partial charge in [-0.1, -0.05) is 13.8 Å². The van der Waals surface area contributed by atoms with Crippen LogP contribution in [0.3, 0.4) is 0 Å². The lowest BCUT2D eigenvalue weighted by molar-refractivity contribution is 0.0949. The standard InChI is InChI=1S/C16H25N3O3.ClH/c1-4-19(5-2)12-11-17-15(20)13-7-9-14(10-8-13)18-16(21)22-6-3;/h7-10H,4-6,11-12H2,1-3H3,(H,17,20)(H,18,21);1H. The Kier molecular flexibility index (Phi) is 10.8. The van der Waals surface area contributed by atoms with Crippen LogP contribution in [0, 0.1) is 0 Å². The molecule has 23 heavy (non-hydrogen) atoms. The monoisotopic (exact) mass is 343 g/mol. The first kappa shape index (κ1) is 21.2. The van der Waals surface area contributed by atoms with Crippen LogP contribution >= 0.6 is 12.4 Å².